The zero-order chi connectivity index (χ0) is 11.0. The second-order valence-corrected chi connectivity index (χ2v) is 4.34. The summed E-state index contributed by atoms with van der Waals surface area (Å²) in [6.45, 7) is 8.14. The summed E-state index contributed by atoms with van der Waals surface area (Å²) in [6, 6.07) is 0. The number of likely N-dealkylation sites (N-methyl/N-ethyl adjacent to an activating group) is 1. The maximum Gasteiger partial charge on any atom is 0.245 e. The van der Waals surface area contributed by atoms with E-state index in [0.717, 1.165) is 0 Å². The number of hydrogen-bond donors (Lipinski definition) is 1. The lowest BCUT2D eigenvalue weighted by molar-refractivity contribution is -0.125. The van der Waals surface area contributed by atoms with Crippen LogP contribution >= 0.6 is 0 Å². The summed E-state index contributed by atoms with van der Waals surface area (Å²) in [4.78, 5) is 10.7. The molecule has 0 saturated carbocycles. The molecule has 0 radical (unpaired) electrons. The van der Waals surface area contributed by atoms with Crippen LogP contribution in [0.25, 0.3) is 0 Å². The SMILES string of the molecule is CNC(=O)COCCOCC(C)(C)C. The fourth-order valence-corrected chi connectivity index (χ4v) is 0.733. The highest BCUT2D eigenvalue weighted by Gasteiger charge is 2.09. The van der Waals surface area contributed by atoms with Gasteiger partial charge in [0, 0.05) is 7.05 Å². The van der Waals surface area contributed by atoms with Crippen LogP contribution in [-0.2, 0) is 14.3 Å². The van der Waals surface area contributed by atoms with Crippen molar-refractivity contribution in [1.82, 2.24) is 5.32 Å². The van der Waals surface area contributed by atoms with E-state index < -0.39 is 0 Å². The van der Waals surface area contributed by atoms with Crippen molar-refractivity contribution in [3.05, 3.63) is 0 Å². The third kappa shape index (κ3) is 9.48. The lowest BCUT2D eigenvalue weighted by Crippen LogP contribution is -2.24. The predicted octanol–water partition coefficient (Wildman–Crippen LogP) is 0.812. The molecular weight excluding hydrogens is 182 g/mol. The van der Waals surface area contributed by atoms with Gasteiger partial charge in [0.1, 0.15) is 6.61 Å². The maximum absolute atomic E-state index is 10.7. The van der Waals surface area contributed by atoms with Crippen molar-refractivity contribution in [2.75, 3.05) is 33.5 Å². The molecule has 0 aromatic rings. The van der Waals surface area contributed by atoms with Gasteiger partial charge < -0.3 is 14.8 Å². The Morgan fingerprint density at radius 1 is 1.21 bits per heavy atom. The van der Waals surface area contributed by atoms with Gasteiger partial charge in [0.25, 0.3) is 0 Å². The smallest absolute Gasteiger partial charge is 0.245 e. The Morgan fingerprint density at radius 3 is 2.29 bits per heavy atom. The summed E-state index contributed by atoms with van der Waals surface area (Å²) < 4.78 is 10.4. The first-order valence-corrected chi connectivity index (χ1v) is 4.82. The van der Waals surface area contributed by atoms with Crippen LogP contribution in [0.2, 0.25) is 0 Å². The van der Waals surface area contributed by atoms with Gasteiger partial charge in [0.05, 0.1) is 19.8 Å². The van der Waals surface area contributed by atoms with Crippen LogP contribution in [0.4, 0.5) is 0 Å². The van der Waals surface area contributed by atoms with E-state index >= 15 is 0 Å². The highest BCUT2D eigenvalue weighted by molar-refractivity contribution is 5.76. The van der Waals surface area contributed by atoms with E-state index in [1.54, 1.807) is 7.05 Å². The van der Waals surface area contributed by atoms with E-state index in [2.05, 4.69) is 26.1 Å². The van der Waals surface area contributed by atoms with E-state index in [4.69, 9.17) is 9.47 Å². The topological polar surface area (TPSA) is 47.6 Å². The predicted molar refractivity (Wildman–Crippen MR) is 55.2 cm³/mol. The third-order valence-electron chi connectivity index (χ3n) is 1.42. The molecule has 0 fully saturated rings. The average molecular weight is 203 g/mol. The third-order valence-corrected chi connectivity index (χ3v) is 1.42. The van der Waals surface area contributed by atoms with Crippen LogP contribution in [0.1, 0.15) is 20.8 Å². The fourth-order valence-electron chi connectivity index (χ4n) is 0.733. The second-order valence-electron chi connectivity index (χ2n) is 4.34. The van der Waals surface area contributed by atoms with Gasteiger partial charge in [-0.2, -0.15) is 0 Å². The van der Waals surface area contributed by atoms with Gasteiger partial charge in [-0.3, -0.25) is 4.79 Å². The Balaban J connectivity index is 3.18. The maximum atomic E-state index is 10.7. The molecule has 4 heteroatoms. The van der Waals surface area contributed by atoms with Gasteiger partial charge in [0.2, 0.25) is 5.91 Å². The van der Waals surface area contributed by atoms with Gasteiger partial charge in [-0.05, 0) is 5.41 Å². The molecule has 0 aromatic heterocycles. The Labute approximate surface area is 86.0 Å². The molecule has 0 rings (SSSR count). The minimum absolute atomic E-state index is 0.107. The van der Waals surface area contributed by atoms with Crippen molar-refractivity contribution in [3.63, 3.8) is 0 Å². The highest BCUT2D eigenvalue weighted by atomic mass is 16.5. The monoisotopic (exact) mass is 203 g/mol. The summed E-state index contributed by atoms with van der Waals surface area (Å²) in [7, 11) is 1.59. The van der Waals surface area contributed by atoms with Crippen LogP contribution < -0.4 is 5.32 Å². The van der Waals surface area contributed by atoms with E-state index in [1.807, 2.05) is 0 Å². The van der Waals surface area contributed by atoms with Crippen LogP contribution in [-0.4, -0.2) is 39.4 Å². The van der Waals surface area contributed by atoms with Gasteiger partial charge in [0.15, 0.2) is 0 Å². The van der Waals surface area contributed by atoms with Crippen molar-refractivity contribution in [2.24, 2.45) is 5.41 Å². The molecule has 0 unspecified atom stereocenters. The van der Waals surface area contributed by atoms with Gasteiger partial charge in [-0.15, -0.1) is 0 Å². The zero-order valence-electron chi connectivity index (χ0n) is 9.55. The summed E-state index contributed by atoms with van der Waals surface area (Å²) in [5.41, 5.74) is 0.181. The number of carbonyl (C=O) groups is 1. The average Bonchev–Trinajstić information content (AvgIpc) is 2.08. The Hall–Kier alpha value is -0.610. The van der Waals surface area contributed by atoms with Crippen molar-refractivity contribution in [1.29, 1.82) is 0 Å². The molecule has 0 heterocycles. The molecule has 0 spiro atoms. The molecule has 0 aromatic carbocycles. The molecule has 84 valence electrons. The standard InChI is InChI=1S/C10H21NO3/c1-10(2,3)8-14-6-5-13-7-9(12)11-4/h5-8H2,1-4H3,(H,11,12). The van der Waals surface area contributed by atoms with Crippen LogP contribution in [0.5, 0.6) is 0 Å². The molecular formula is C10H21NO3. The highest BCUT2D eigenvalue weighted by Crippen LogP contribution is 2.12. The molecule has 4 nitrogen and oxygen atoms in total. The number of nitrogens with one attached hydrogen (secondary N) is 1. The Morgan fingerprint density at radius 2 is 1.79 bits per heavy atom. The largest absolute Gasteiger partial charge is 0.379 e. The summed E-state index contributed by atoms with van der Waals surface area (Å²) in [5, 5.41) is 2.48. The molecule has 1 amide bonds. The minimum atomic E-state index is -0.110. The molecule has 0 atom stereocenters. The van der Waals surface area contributed by atoms with E-state index in [1.165, 1.54) is 0 Å². The zero-order valence-corrected chi connectivity index (χ0v) is 9.55. The van der Waals surface area contributed by atoms with Gasteiger partial charge in [-0.1, -0.05) is 20.8 Å². The number of hydrogen-bond acceptors (Lipinski definition) is 3. The number of rotatable bonds is 6. The van der Waals surface area contributed by atoms with Crippen molar-refractivity contribution in [2.45, 2.75) is 20.8 Å². The quantitative estimate of drug-likeness (QED) is 0.650. The molecule has 14 heavy (non-hydrogen) atoms. The Bertz CT molecular complexity index is 163. The molecule has 0 aliphatic rings. The number of amides is 1. The fraction of sp³-hybridized carbons (Fsp3) is 0.900. The van der Waals surface area contributed by atoms with E-state index in [9.17, 15) is 4.79 Å². The lowest BCUT2D eigenvalue weighted by Gasteiger charge is -2.17. The Kier molecular flexibility index (Phi) is 6.49. The van der Waals surface area contributed by atoms with Crippen LogP contribution in [0.15, 0.2) is 0 Å². The number of ether oxygens (including phenoxy) is 2. The second kappa shape index (κ2) is 6.79. The van der Waals surface area contributed by atoms with Crippen molar-refractivity contribution < 1.29 is 14.3 Å². The lowest BCUT2D eigenvalue weighted by atomic mass is 9.99. The van der Waals surface area contributed by atoms with Crippen molar-refractivity contribution >= 4 is 5.91 Å². The minimum Gasteiger partial charge on any atom is -0.379 e. The molecule has 1 N–H and O–H groups in total. The summed E-state index contributed by atoms with van der Waals surface area (Å²) in [5.74, 6) is -0.110. The van der Waals surface area contributed by atoms with E-state index in [-0.39, 0.29) is 17.9 Å². The molecule has 0 aliphatic heterocycles. The first-order valence-electron chi connectivity index (χ1n) is 4.82. The summed E-state index contributed by atoms with van der Waals surface area (Å²) in [6.07, 6.45) is 0. The van der Waals surface area contributed by atoms with Crippen LogP contribution in [0, 0.1) is 5.41 Å². The molecule has 0 aliphatic carbocycles. The molecule has 0 saturated heterocycles. The first-order chi connectivity index (χ1) is 6.45. The summed E-state index contributed by atoms with van der Waals surface area (Å²) >= 11 is 0. The van der Waals surface area contributed by atoms with Crippen LogP contribution in [0.3, 0.4) is 0 Å². The van der Waals surface area contributed by atoms with E-state index in [0.29, 0.717) is 19.8 Å². The van der Waals surface area contributed by atoms with Crippen molar-refractivity contribution in [3.8, 4) is 0 Å². The number of carbonyl (C=O) groups excluding carboxylic acids is 1. The first kappa shape index (κ1) is 13.4. The normalized spacial score (nSPS) is 11.4. The van der Waals surface area contributed by atoms with Gasteiger partial charge in [-0.25, -0.2) is 0 Å². The van der Waals surface area contributed by atoms with Gasteiger partial charge >= 0.3 is 0 Å². The molecule has 0 bridgehead atoms.